The van der Waals surface area contributed by atoms with E-state index in [1.165, 1.54) is 35.2 Å². The van der Waals surface area contributed by atoms with Crippen LogP contribution in [0.15, 0.2) is 41.8 Å². The Balaban J connectivity index is 1.92. The Morgan fingerprint density at radius 1 is 1.33 bits per heavy atom. The minimum Gasteiger partial charge on any atom is -0.345 e. The molecule has 1 N–H and O–H groups in total. The van der Waals surface area contributed by atoms with Crippen molar-refractivity contribution >= 4 is 26.7 Å². The van der Waals surface area contributed by atoms with Crippen LogP contribution in [0, 0.1) is 5.82 Å². The van der Waals surface area contributed by atoms with Crippen molar-refractivity contribution < 1.29 is 12.8 Å². The van der Waals surface area contributed by atoms with Gasteiger partial charge in [-0.15, -0.1) is 0 Å². The molecule has 0 aliphatic carbocycles. The zero-order valence-electron chi connectivity index (χ0n) is 13.1. The van der Waals surface area contributed by atoms with E-state index in [0.29, 0.717) is 16.7 Å². The smallest absolute Gasteiger partial charge is 0.266 e. The number of hydrogen-bond donors (Lipinski definition) is 1. The molecule has 6 nitrogen and oxygen atoms in total. The van der Waals surface area contributed by atoms with Gasteiger partial charge in [0.05, 0.1) is 11.1 Å². The highest BCUT2D eigenvalue weighted by Gasteiger charge is 2.42. The zero-order chi connectivity index (χ0) is 17.1. The maximum atomic E-state index is 13.7. The van der Waals surface area contributed by atoms with Gasteiger partial charge in [0.15, 0.2) is 0 Å². The first-order valence-electron chi connectivity index (χ1n) is 7.40. The lowest BCUT2D eigenvalue weighted by Crippen LogP contribution is -2.33. The molecule has 124 valence electrons. The predicted molar refractivity (Wildman–Crippen MR) is 87.8 cm³/mol. The van der Waals surface area contributed by atoms with Crippen LogP contribution >= 0.6 is 0 Å². The number of rotatable bonds is 2. The average molecular weight is 346 g/mol. The molecular weight excluding hydrogens is 331 g/mol. The van der Waals surface area contributed by atoms with Crippen LogP contribution in [0.3, 0.4) is 0 Å². The van der Waals surface area contributed by atoms with E-state index in [-0.39, 0.29) is 11.4 Å². The lowest BCUT2D eigenvalue weighted by Gasteiger charge is -2.21. The molecule has 0 amide bonds. The van der Waals surface area contributed by atoms with Crippen LogP contribution in [0.2, 0.25) is 0 Å². The van der Waals surface area contributed by atoms with Gasteiger partial charge in [-0.05, 0) is 17.7 Å². The molecule has 24 heavy (non-hydrogen) atoms. The summed E-state index contributed by atoms with van der Waals surface area (Å²) >= 11 is 0. The van der Waals surface area contributed by atoms with E-state index in [1.807, 2.05) is 13.8 Å². The fourth-order valence-corrected chi connectivity index (χ4v) is 4.97. The number of fused-ring (bicyclic) bond motifs is 2. The summed E-state index contributed by atoms with van der Waals surface area (Å²) in [7, 11) is -3.87. The molecule has 2 aromatic heterocycles. The molecule has 0 radical (unpaired) electrons. The fraction of sp³-hybridized carbons (Fsp3) is 0.250. The molecular formula is C16H15FN4O2S. The summed E-state index contributed by atoms with van der Waals surface area (Å²) in [6, 6.07) is 4.28. The summed E-state index contributed by atoms with van der Waals surface area (Å²) in [4.78, 5) is 10.8. The first kappa shape index (κ1) is 15.1. The number of aromatic amines is 1. The third-order valence-electron chi connectivity index (χ3n) is 4.38. The summed E-state index contributed by atoms with van der Waals surface area (Å²) in [5, 5.41) is 0.417. The average Bonchev–Trinajstić information content (AvgIpc) is 3.07. The maximum Gasteiger partial charge on any atom is 0.266 e. The summed E-state index contributed by atoms with van der Waals surface area (Å²) in [6.07, 6.45) is 4.21. The van der Waals surface area contributed by atoms with E-state index in [0.717, 1.165) is 5.56 Å². The summed E-state index contributed by atoms with van der Waals surface area (Å²) in [5.41, 5.74) is 1.23. The topological polar surface area (TPSA) is 79.0 Å². The molecule has 8 heteroatoms. The van der Waals surface area contributed by atoms with Crippen molar-refractivity contribution in [3.63, 3.8) is 0 Å². The molecule has 3 heterocycles. The number of nitrogens with zero attached hydrogens (tertiary/aromatic N) is 3. The molecule has 0 unspecified atom stereocenters. The second kappa shape index (κ2) is 4.76. The van der Waals surface area contributed by atoms with Gasteiger partial charge < -0.3 is 4.98 Å². The molecule has 1 aromatic carbocycles. The SMILES string of the molecule is CC1(C)CN(S(=O)(=O)c2c[nH]c3ncncc23)c2cc(F)ccc21. The number of benzene rings is 1. The molecule has 3 aromatic rings. The largest absolute Gasteiger partial charge is 0.345 e. The number of aromatic nitrogens is 3. The second-order valence-corrected chi connectivity index (χ2v) is 8.33. The predicted octanol–water partition coefficient (Wildman–Crippen LogP) is 2.58. The Morgan fingerprint density at radius 2 is 2.12 bits per heavy atom. The summed E-state index contributed by atoms with van der Waals surface area (Å²) in [5.74, 6) is -0.464. The standard InChI is InChI=1S/C16H15FN4O2S/c1-16(2)8-21(13-5-10(17)3-4-12(13)16)24(22,23)14-7-19-15-11(14)6-18-9-20-15/h3-7,9H,8H2,1-2H3,(H,18,19,20). The van der Waals surface area contributed by atoms with Crippen molar-refractivity contribution in [3.05, 3.63) is 48.3 Å². The normalized spacial score (nSPS) is 16.5. The van der Waals surface area contributed by atoms with Gasteiger partial charge in [0, 0.05) is 24.4 Å². The summed E-state index contributed by atoms with van der Waals surface area (Å²) < 4.78 is 41.4. The van der Waals surface area contributed by atoms with Gasteiger partial charge in [-0.1, -0.05) is 19.9 Å². The van der Waals surface area contributed by atoms with Crippen LogP contribution in [-0.2, 0) is 15.4 Å². The Hall–Kier alpha value is -2.48. The van der Waals surface area contributed by atoms with Gasteiger partial charge in [-0.25, -0.2) is 22.8 Å². The minimum absolute atomic E-state index is 0.0889. The Bertz CT molecular complexity index is 1060. The number of hydrogen-bond acceptors (Lipinski definition) is 4. The molecule has 0 fully saturated rings. The molecule has 4 rings (SSSR count). The van der Waals surface area contributed by atoms with Gasteiger partial charge in [0.2, 0.25) is 0 Å². The third-order valence-corrected chi connectivity index (χ3v) is 6.18. The van der Waals surface area contributed by atoms with Gasteiger partial charge in [-0.3, -0.25) is 4.31 Å². The van der Waals surface area contributed by atoms with Gasteiger partial charge >= 0.3 is 0 Å². The van der Waals surface area contributed by atoms with Crippen molar-refractivity contribution in [2.75, 3.05) is 10.8 Å². The molecule has 1 aliphatic rings. The van der Waals surface area contributed by atoms with Crippen LogP contribution in [0.5, 0.6) is 0 Å². The van der Waals surface area contributed by atoms with Crippen LogP contribution in [0.25, 0.3) is 11.0 Å². The first-order valence-corrected chi connectivity index (χ1v) is 8.84. The summed E-state index contributed by atoms with van der Waals surface area (Å²) in [6.45, 7) is 4.13. The van der Waals surface area contributed by atoms with Crippen LogP contribution in [0.4, 0.5) is 10.1 Å². The van der Waals surface area contributed by atoms with E-state index < -0.39 is 21.3 Å². The van der Waals surface area contributed by atoms with Gasteiger partial charge in [-0.2, -0.15) is 0 Å². The Labute approximate surface area is 138 Å². The van der Waals surface area contributed by atoms with Crippen LogP contribution in [0.1, 0.15) is 19.4 Å². The van der Waals surface area contributed by atoms with E-state index in [4.69, 9.17) is 0 Å². The number of halogens is 1. The van der Waals surface area contributed by atoms with Crippen molar-refractivity contribution in [2.45, 2.75) is 24.2 Å². The van der Waals surface area contributed by atoms with Crippen molar-refractivity contribution in [2.24, 2.45) is 0 Å². The second-order valence-electron chi connectivity index (χ2n) is 6.49. The van der Waals surface area contributed by atoms with E-state index in [2.05, 4.69) is 15.0 Å². The van der Waals surface area contributed by atoms with E-state index in [9.17, 15) is 12.8 Å². The zero-order valence-corrected chi connectivity index (χ0v) is 13.9. The molecule has 0 spiro atoms. The van der Waals surface area contributed by atoms with E-state index >= 15 is 0 Å². The van der Waals surface area contributed by atoms with Crippen LogP contribution < -0.4 is 4.31 Å². The highest BCUT2D eigenvalue weighted by Crippen LogP contribution is 2.43. The highest BCUT2D eigenvalue weighted by atomic mass is 32.2. The van der Waals surface area contributed by atoms with Gasteiger partial charge in [0.25, 0.3) is 10.0 Å². The number of nitrogens with one attached hydrogen (secondary N) is 1. The van der Waals surface area contributed by atoms with Crippen molar-refractivity contribution in [1.82, 2.24) is 15.0 Å². The van der Waals surface area contributed by atoms with E-state index in [1.54, 1.807) is 6.07 Å². The minimum atomic E-state index is -3.87. The molecule has 0 atom stereocenters. The Morgan fingerprint density at radius 3 is 2.92 bits per heavy atom. The molecule has 0 bridgehead atoms. The lowest BCUT2D eigenvalue weighted by atomic mass is 9.87. The van der Waals surface area contributed by atoms with Crippen molar-refractivity contribution in [3.8, 4) is 0 Å². The van der Waals surface area contributed by atoms with Gasteiger partial charge in [0.1, 0.15) is 22.7 Å². The molecule has 0 saturated carbocycles. The monoisotopic (exact) mass is 346 g/mol. The quantitative estimate of drug-likeness (QED) is 0.773. The molecule has 0 saturated heterocycles. The third kappa shape index (κ3) is 2.02. The fourth-order valence-electron chi connectivity index (χ4n) is 3.20. The lowest BCUT2D eigenvalue weighted by molar-refractivity contribution is 0.554. The maximum absolute atomic E-state index is 13.7. The van der Waals surface area contributed by atoms with Crippen molar-refractivity contribution in [1.29, 1.82) is 0 Å². The first-order chi connectivity index (χ1) is 11.3. The Kier molecular flexibility index (Phi) is 2.99. The van der Waals surface area contributed by atoms with Crippen LogP contribution in [-0.4, -0.2) is 29.9 Å². The number of anilines is 1. The number of H-pyrrole nitrogens is 1. The highest BCUT2D eigenvalue weighted by molar-refractivity contribution is 7.93. The molecule has 1 aliphatic heterocycles. The number of sulfonamides is 1.